The average Bonchev–Trinajstić information content (AvgIpc) is 2.44. The minimum Gasteiger partial charge on any atom is -0.508 e. The largest absolute Gasteiger partial charge is 0.508 e. The first-order valence-corrected chi connectivity index (χ1v) is 7.02. The summed E-state index contributed by atoms with van der Waals surface area (Å²) < 4.78 is 0. The summed E-state index contributed by atoms with van der Waals surface area (Å²) in [5.74, 6) is 0.314. The van der Waals surface area contributed by atoms with Crippen LogP contribution in [0.4, 0.5) is 5.69 Å². The van der Waals surface area contributed by atoms with Gasteiger partial charge in [-0.25, -0.2) is 0 Å². The molecule has 0 saturated heterocycles. The number of phenolic OH excluding ortho intramolecular Hbond substituents is 1. The number of nitrogen functional groups attached to an aromatic ring is 1. The maximum atomic E-state index is 9.33. The molecular weight excluding hydrogens is 248 g/mol. The molecule has 0 saturated carbocycles. The molecule has 0 aliphatic rings. The Balaban J connectivity index is 2.02. The van der Waals surface area contributed by atoms with Crippen molar-refractivity contribution in [1.82, 2.24) is 4.90 Å². The van der Waals surface area contributed by atoms with Crippen molar-refractivity contribution in [3.63, 3.8) is 0 Å². The number of nitrogens with two attached hydrogens (primary N) is 1. The third kappa shape index (κ3) is 4.28. The molecular formula is C17H22N2O. The molecule has 3 heteroatoms. The Labute approximate surface area is 120 Å². The summed E-state index contributed by atoms with van der Waals surface area (Å²) in [6.07, 6.45) is 1.12. The fourth-order valence-electron chi connectivity index (χ4n) is 2.27. The number of nitrogens with zero attached hydrogens (tertiary/aromatic N) is 1. The molecule has 0 spiro atoms. The molecule has 3 N–H and O–H groups in total. The van der Waals surface area contributed by atoms with E-state index in [0.29, 0.717) is 5.75 Å². The van der Waals surface area contributed by atoms with Gasteiger partial charge < -0.3 is 10.8 Å². The van der Waals surface area contributed by atoms with Crippen molar-refractivity contribution in [2.75, 3.05) is 12.3 Å². The fourth-order valence-corrected chi connectivity index (χ4v) is 2.27. The lowest BCUT2D eigenvalue weighted by Gasteiger charge is -2.22. The molecule has 3 nitrogen and oxygen atoms in total. The molecule has 0 fully saturated rings. The Morgan fingerprint density at radius 3 is 1.90 bits per heavy atom. The molecule has 0 heterocycles. The van der Waals surface area contributed by atoms with E-state index in [4.69, 9.17) is 5.73 Å². The van der Waals surface area contributed by atoms with Gasteiger partial charge in [-0.05, 0) is 48.4 Å². The number of hydrogen-bond acceptors (Lipinski definition) is 3. The van der Waals surface area contributed by atoms with Gasteiger partial charge >= 0.3 is 0 Å². The van der Waals surface area contributed by atoms with E-state index in [1.54, 1.807) is 12.1 Å². The zero-order valence-electron chi connectivity index (χ0n) is 11.9. The molecule has 20 heavy (non-hydrogen) atoms. The van der Waals surface area contributed by atoms with Crippen molar-refractivity contribution in [1.29, 1.82) is 0 Å². The van der Waals surface area contributed by atoms with Gasteiger partial charge in [-0.15, -0.1) is 0 Å². The lowest BCUT2D eigenvalue weighted by atomic mass is 10.1. The molecule has 2 aromatic carbocycles. The van der Waals surface area contributed by atoms with Crippen molar-refractivity contribution in [2.45, 2.75) is 26.4 Å². The number of rotatable bonds is 6. The third-order valence-electron chi connectivity index (χ3n) is 3.27. The van der Waals surface area contributed by atoms with Crippen molar-refractivity contribution in [3.05, 3.63) is 59.7 Å². The van der Waals surface area contributed by atoms with Crippen molar-refractivity contribution >= 4 is 5.69 Å². The van der Waals surface area contributed by atoms with Gasteiger partial charge in [-0.2, -0.15) is 0 Å². The first-order valence-electron chi connectivity index (χ1n) is 7.02. The van der Waals surface area contributed by atoms with E-state index in [9.17, 15) is 5.11 Å². The van der Waals surface area contributed by atoms with Gasteiger partial charge in [0.05, 0.1) is 0 Å². The van der Waals surface area contributed by atoms with E-state index in [-0.39, 0.29) is 0 Å². The molecule has 0 aliphatic carbocycles. The Kier molecular flexibility index (Phi) is 5.02. The van der Waals surface area contributed by atoms with Crippen LogP contribution in [-0.2, 0) is 13.1 Å². The maximum Gasteiger partial charge on any atom is 0.115 e. The quantitative estimate of drug-likeness (QED) is 0.791. The molecule has 0 unspecified atom stereocenters. The Bertz CT molecular complexity index is 472. The summed E-state index contributed by atoms with van der Waals surface area (Å²) >= 11 is 0. The molecule has 0 amide bonds. The van der Waals surface area contributed by atoms with E-state index in [1.165, 1.54) is 11.1 Å². The van der Waals surface area contributed by atoms with Gasteiger partial charge in [0.25, 0.3) is 0 Å². The second kappa shape index (κ2) is 6.96. The predicted octanol–water partition coefficient (Wildman–Crippen LogP) is 3.39. The Hall–Kier alpha value is -2.00. The predicted molar refractivity (Wildman–Crippen MR) is 83.4 cm³/mol. The van der Waals surface area contributed by atoms with Crippen LogP contribution in [0.5, 0.6) is 5.75 Å². The van der Waals surface area contributed by atoms with Crippen LogP contribution in [0.25, 0.3) is 0 Å². The molecule has 0 atom stereocenters. The van der Waals surface area contributed by atoms with Gasteiger partial charge in [0.2, 0.25) is 0 Å². The van der Waals surface area contributed by atoms with Gasteiger partial charge in [0, 0.05) is 18.8 Å². The lowest BCUT2D eigenvalue weighted by Crippen LogP contribution is -2.23. The minimum atomic E-state index is 0.314. The first-order chi connectivity index (χ1) is 9.67. The highest BCUT2D eigenvalue weighted by Gasteiger charge is 2.06. The van der Waals surface area contributed by atoms with E-state index >= 15 is 0 Å². The molecule has 0 aliphatic heterocycles. The van der Waals surface area contributed by atoms with E-state index in [2.05, 4.69) is 24.0 Å². The highest BCUT2D eigenvalue weighted by molar-refractivity contribution is 5.39. The first kappa shape index (κ1) is 14.4. The standard InChI is InChI=1S/C17H22N2O/c1-2-11-19(12-14-3-7-16(18)8-4-14)13-15-5-9-17(20)10-6-15/h3-10,20H,2,11-13,18H2,1H3. The Morgan fingerprint density at radius 1 is 0.900 bits per heavy atom. The zero-order chi connectivity index (χ0) is 14.4. The number of phenols is 1. The molecule has 0 aromatic heterocycles. The van der Waals surface area contributed by atoms with Crippen LogP contribution in [0.15, 0.2) is 48.5 Å². The summed E-state index contributed by atoms with van der Waals surface area (Å²) in [7, 11) is 0. The molecule has 2 aromatic rings. The van der Waals surface area contributed by atoms with Crippen LogP contribution >= 0.6 is 0 Å². The maximum absolute atomic E-state index is 9.33. The van der Waals surface area contributed by atoms with Gasteiger partial charge in [-0.1, -0.05) is 31.2 Å². The molecule has 2 rings (SSSR count). The fraction of sp³-hybridized carbons (Fsp3) is 0.294. The monoisotopic (exact) mass is 270 g/mol. The number of aromatic hydroxyl groups is 1. The van der Waals surface area contributed by atoms with Gasteiger partial charge in [-0.3, -0.25) is 4.90 Å². The summed E-state index contributed by atoms with van der Waals surface area (Å²) in [6, 6.07) is 15.5. The van der Waals surface area contributed by atoms with Gasteiger partial charge in [0.1, 0.15) is 5.75 Å². The zero-order valence-corrected chi connectivity index (χ0v) is 11.9. The molecule has 106 valence electrons. The highest BCUT2D eigenvalue weighted by Crippen LogP contribution is 2.15. The normalized spacial score (nSPS) is 10.9. The van der Waals surface area contributed by atoms with Crippen LogP contribution in [0.2, 0.25) is 0 Å². The Morgan fingerprint density at radius 2 is 1.40 bits per heavy atom. The van der Waals surface area contributed by atoms with E-state index < -0.39 is 0 Å². The topological polar surface area (TPSA) is 49.5 Å². The van der Waals surface area contributed by atoms with Crippen LogP contribution in [-0.4, -0.2) is 16.6 Å². The summed E-state index contributed by atoms with van der Waals surface area (Å²) in [5.41, 5.74) is 9.00. The van der Waals surface area contributed by atoms with Crippen molar-refractivity contribution < 1.29 is 5.11 Å². The molecule has 0 radical (unpaired) electrons. The van der Waals surface area contributed by atoms with E-state index in [0.717, 1.165) is 31.7 Å². The molecule has 0 bridgehead atoms. The average molecular weight is 270 g/mol. The lowest BCUT2D eigenvalue weighted by molar-refractivity contribution is 0.257. The van der Waals surface area contributed by atoms with Crippen LogP contribution in [0, 0.1) is 0 Å². The number of benzene rings is 2. The van der Waals surface area contributed by atoms with Crippen LogP contribution in [0.3, 0.4) is 0 Å². The summed E-state index contributed by atoms with van der Waals surface area (Å²) in [4.78, 5) is 2.40. The van der Waals surface area contributed by atoms with Crippen LogP contribution in [0.1, 0.15) is 24.5 Å². The number of hydrogen-bond donors (Lipinski definition) is 2. The second-order valence-corrected chi connectivity index (χ2v) is 5.12. The van der Waals surface area contributed by atoms with Crippen molar-refractivity contribution in [3.8, 4) is 5.75 Å². The minimum absolute atomic E-state index is 0.314. The van der Waals surface area contributed by atoms with Crippen LogP contribution < -0.4 is 5.73 Å². The SMILES string of the molecule is CCCN(Cc1ccc(N)cc1)Cc1ccc(O)cc1. The third-order valence-corrected chi connectivity index (χ3v) is 3.27. The second-order valence-electron chi connectivity index (χ2n) is 5.12. The summed E-state index contributed by atoms with van der Waals surface area (Å²) in [6.45, 7) is 5.03. The van der Waals surface area contributed by atoms with E-state index in [1.807, 2.05) is 24.3 Å². The van der Waals surface area contributed by atoms with Gasteiger partial charge in [0.15, 0.2) is 0 Å². The smallest absolute Gasteiger partial charge is 0.115 e. The van der Waals surface area contributed by atoms with Crippen molar-refractivity contribution in [2.24, 2.45) is 0 Å². The number of anilines is 1. The summed E-state index contributed by atoms with van der Waals surface area (Å²) in [5, 5.41) is 9.33. The highest BCUT2D eigenvalue weighted by atomic mass is 16.3.